The van der Waals surface area contributed by atoms with E-state index in [4.69, 9.17) is 0 Å². The number of hydrogen-bond acceptors (Lipinski definition) is 2. The Bertz CT molecular complexity index is 2800. The Kier molecular flexibility index (Phi) is 14.3. The SMILES string of the molecule is C[Si](C)(C)C1C(F)=C(F)C(OB[O-])(c2c(F)c(F)c(F)c(F)c2F)C(F)(c2c(F)c(F)c(F)c(F)c2F)C1(F)c1c(F)c(F)c(F)c(F)c1F.c1ccc([C+](c2ccccc2)c2ccccc2)cc1. The first-order valence-corrected chi connectivity index (χ1v) is 23.0. The van der Waals surface area contributed by atoms with Gasteiger partial charge < -0.3 is 9.68 Å². The van der Waals surface area contributed by atoms with Crippen LogP contribution in [0.25, 0.3) is 0 Å². The minimum atomic E-state index is -6.74. The van der Waals surface area contributed by atoms with Crippen molar-refractivity contribution in [1.29, 1.82) is 0 Å². The molecule has 69 heavy (non-hydrogen) atoms. The number of allylic oxidation sites excluding steroid dienone is 1. The summed E-state index contributed by atoms with van der Waals surface area (Å²) in [7, 11) is -7.82. The lowest BCUT2D eigenvalue weighted by Gasteiger charge is -2.58. The molecule has 0 radical (unpaired) electrons. The van der Waals surface area contributed by atoms with Gasteiger partial charge >= 0.3 is 0 Å². The quantitative estimate of drug-likeness (QED) is 0.0361. The zero-order valence-electron chi connectivity index (χ0n) is 34.9. The first-order valence-electron chi connectivity index (χ1n) is 19.5. The Hall–Kier alpha value is -6.20. The molecule has 1 aliphatic rings. The third-order valence-electron chi connectivity index (χ3n) is 11.2. The lowest BCUT2D eigenvalue weighted by atomic mass is 9.58. The average Bonchev–Trinajstić information content (AvgIpc) is 3.32. The molecule has 0 bridgehead atoms. The van der Waals surface area contributed by atoms with Crippen LogP contribution < -0.4 is 5.02 Å². The zero-order chi connectivity index (χ0) is 51.5. The van der Waals surface area contributed by atoms with Gasteiger partial charge in [-0.15, -0.1) is 0 Å². The van der Waals surface area contributed by atoms with Gasteiger partial charge in [0.25, 0.3) is 0 Å². The van der Waals surface area contributed by atoms with E-state index >= 15 is 43.9 Å². The van der Waals surface area contributed by atoms with E-state index in [1.54, 1.807) is 0 Å². The van der Waals surface area contributed by atoms with Crippen LogP contribution in [0.2, 0.25) is 25.2 Å². The van der Waals surface area contributed by atoms with Crippen LogP contribution in [-0.4, -0.2) is 15.8 Å². The molecule has 7 rings (SSSR count). The van der Waals surface area contributed by atoms with E-state index in [1.165, 1.54) is 22.6 Å². The molecule has 362 valence electrons. The number of hydrogen-bond donors (Lipinski definition) is 0. The Morgan fingerprint density at radius 3 is 1.00 bits per heavy atom. The van der Waals surface area contributed by atoms with Gasteiger partial charge in [-0.05, 0) is 72.8 Å². The van der Waals surface area contributed by atoms with Crippen LogP contribution in [-0.2, 0) is 21.6 Å². The van der Waals surface area contributed by atoms with Crippen molar-refractivity contribution >= 4 is 15.8 Å². The smallest absolute Gasteiger partial charge is 0.218 e. The summed E-state index contributed by atoms with van der Waals surface area (Å²) >= 11 is 0. The van der Waals surface area contributed by atoms with E-state index < -0.39 is 154 Å². The lowest BCUT2D eigenvalue weighted by Crippen LogP contribution is -2.68. The van der Waals surface area contributed by atoms with Crippen LogP contribution in [0.4, 0.5) is 83.4 Å². The van der Waals surface area contributed by atoms with Crippen LogP contribution in [0.3, 0.4) is 0 Å². The Morgan fingerprint density at radius 2 is 0.710 bits per heavy atom. The molecule has 23 heteroatoms. The molecule has 1 aliphatic carbocycles. The number of benzene rings is 6. The van der Waals surface area contributed by atoms with Gasteiger partial charge in [0.15, 0.2) is 94.6 Å². The maximum atomic E-state index is 18.6. The fourth-order valence-electron chi connectivity index (χ4n) is 8.39. The van der Waals surface area contributed by atoms with Crippen molar-refractivity contribution in [2.75, 3.05) is 0 Å². The molecule has 0 amide bonds. The highest BCUT2D eigenvalue weighted by Gasteiger charge is 2.82. The largest absolute Gasteiger partial charge is 0.859 e. The van der Waals surface area contributed by atoms with Gasteiger partial charge in [-0.2, -0.15) is 0 Å². The van der Waals surface area contributed by atoms with Crippen LogP contribution in [0.5, 0.6) is 0 Å². The normalized spacial score (nSPS) is 20.4. The van der Waals surface area contributed by atoms with Crippen molar-refractivity contribution in [2.45, 2.75) is 42.1 Å². The van der Waals surface area contributed by atoms with Gasteiger partial charge in [-0.1, -0.05) is 37.8 Å². The molecule has 0 N–H and O–H groups in total. The summed E-state index contributed by atoms with van der Waals surface area (Å²) in [6.07, 6.45) is 0. The summed E-state index contributed by atoms with van der Waals surface area (Å²) in [6.45, 7) is 1.59. The average molecular weight is 1010 g/mol. The molecule has 0 heterocycles. The number of rotatable bonds is 9. The van der Waals surface area contributed by atoms with E-state index in [0.29, 0.717) is 19.6 Å². The first kappa shape index (κ1) is 52.2. The molecule has 0 fully saturated rings. The highest BCUT2D eigenvalue weighted by atomic mass is 28.3. The van der Waals surface area contributed by atoms with Crippen molar-refractivity contribution in [3.05, 3.63) is 229 Å². The lowest BCUT2D eigenvalue weighted by molar-refractivity contribution is -0.253. The number of alkyl halides is 2. The fraction of sp³-hybridized carbons (Fsp3) is 0.152. The predicted octanol–water partition coefficient (Wildman–Crippen LogP) is 12.9. The maximum Gasteiger partial charge on any atom is 0.218 e. The van der Waals surface area contributed by atoms with Crippen LogP contribution >= 0.6 is 0 Å². The van der Waals surface area contributed by atoms with Crippen molar-refractivity contribution in [3.8, 4) is 0 Å². The minimum absolute atomic E-state index is 0.531. The third kappa shape index (κ3) is 7.85. The highest BCUT2D eigenvalue weighted by Crippen LogP contribution is 2.73. The Labute approximate surface area is 379 Å². The molecule has 2 nitrogen and oxygen atoms in total. The maximum absolute atomic E-state index is 18.6. The summed E-state index contributed by atoms with van der Waals surface area (Å²) in [5.41, 5.74) is -30.1. The van der Waals surface area contributed by atoms with Gasteiger partial charge in [0.2, 0.25) is 23.1 Å². The van der Waals surface area contributed by atoms with Gasteiger partial charge in [0.1, 0.15) is 5.83 Å². The second-order valence-corrected chi connectivity index (χ2v) is 21.4. The third-order valence-corrected chi connectivity index (χ3v) is 13.6. The zero-order valence-corrected chi connectivity index (χ0v) is 35.9. The molecule has 0 aliphatic heterocycles. The minimum Gasteiger partial charge on any atom is -0.859 e. The van der Waals surface area contributed by atoms with Crippen LogP contribution in [0.15, 0.2) is 103 Å². The summed E-state index contributed by atoms with van der Waals surface area (Å²) in [4.78, 5) is 0. The van der Waals surface area contributed by atoms with Gasteiger partial charge in [-0.25, -0.2) is 83.4 Å². The van der Waals surface area contributed by atoms with Crippen LogP contribution in [0, 0.1) is 93.2 Å². The molecular formula is C46H26BF19O2Si. The molecular weight excluding hydrogens is 984 g/mol. The van der Waals surface area contributed by atoms with Crippen molar-refractivity contribution in [3.63, 3.8) is 0 Å². The summed E-state index contributed by atoms with van der Waals surface area (Å²) < 4.78 is 297. The second kappa shape index (κ2) is 19.0. The second-order valence-electron chi connectivity index (χ2n) is 16.1. The monoisotopic (exact) mass is 1010 g/mol. The molecule has 0 saturated heterocycles. The molecule has 0 saturated carbocycles. The summed E-state index contributed by atoms with van der Waals surface area (Å²) in [5.74, 6) is -58.1. The molecule has 0 aromatic heterocycles. The van der Waals surface area contributed by atoms with E-state index in [2.05, 4.69) is 95.6 Å². The number of halogens is 19. The van der Waals surface area contributed by atoms with Gasteiger partial charge in [0, 0.05) is 5.54 Å². The fourth-order valence-corrected chi connectivity index (χ4v) is 10.8. The van der Waals surface area contributed by atoms with E-state index in [9.17, 15) is 44.5 Å². The van der Waals surface area contributed by atoms with Crippen molar-refractivity contribution in [1.82, 2.24) is 0 Å². The first-order chi connectivity index (χ1) is 32.2. The molecule has 6 aromatic rings. The van der Waals surface area contributed by atoms with Gasteiger partial charge in [0.05, 0.1) is 47.4 Å². The van der Waals surface area contributed by atoms with E-state index in [-0.39, 0.29) is 0 Å². The topological polar surface area (TPSA) is 32.3 Å². The Morgan fingerprint density at radius 1 is 0.435 bits per heavy atom. The van der Waals surface area contributed by atoms with Crippen molar-refractivity contribution in [2.24, 2.45) is 0 Å². The Balaban J connectivity index is 0.000000339. The molecule has 4 unspecified atom stereocenters. The highest BCUT2D eigenvalue weighted by molar-refractivity contribution is 6.78. The van der Waals surface area contributed by atoms with Gasteiger partial charge in [-0.3, -0.25) is 0 Å². The van der Waals surface area contributed by atoms with Crippen molar-refractivity contribution < 1.29 is 93.1 Å². The predicted molar refractivity (Wildman–Crippen MR) is 210 cm³/mol. The summed E-state index contributed by atoms with van der Waals surface area (Å²) in [5, 5.41) is 11.8. The standard InChI is InChI=1S/C27H11BF19O2Si.C19H15/c1-50(2,3)24-22(44)23(45)26(49-28-48,5-9(31)15(37)20(42)16(38)10(5)32)27(47,6-11(33)17(39)21(43)18(40)12(6)34)25(24,46)4-7(29)13(35)19(41)14(36)8(4)30;1-4-10-16(11-5-1)19(17-12-6-2-7-13-17)18-14-8-3-9-15-18/h24,28H,1-3H3;1-15H/q-1;+1. The molecule has 0 spiro atoms. The molecule has 6 aromatic carbocycles. The van der Waals surface area contributed by atoms with Crippen LogP contribution in [0.1, 0.15) is 33.4 Å². The molecule has 4 atom stereocenters. The summed E-state index contributed by atoms with van der Waals surface area (Å²) in [6, 6.07) is 31.6. The van der Waals surface area contributed by atoms with E-state index in [1.807, 2.05) is 0 Å². The van der Waals surface area contributed by atoms with E-state index in [0.717, 1.165) is 0 Å².